The van der Waals surface area contributed by atoms with Gasteiger partial charge in [0.15, 0.2) is 0 Å². The molecule has 1 aliphatic heterocycles. The summed E-state index contributed by atoms with van der Waals surface area (Å²) >= 11 is 3.48. The number of nitrogens with one attached hydrogen (secondary N) is 1. The molecular formula is C23H20BrFN2O. The summed E-state index contributed by atoms with van der Waals surface area (Å²) in [5, 5.41) is 2.92. The molecule has 0 bridgehead atoms. The molecule has 0 fully saturated rings. The Kier molecular flexibility index (Phi) is 5.18. The molecule has 0 spiro atoms. The third kappa shape index (κ3) is 3.67. The van der Waals surface area contributed by atoms with Crippen molar-refractivity contribution < 1.29 is 9.18 Å². The second-order valence-electron chi connectivity index (χ2n) is 7.05. The Morgan fingerprint density at radius 2 is 1.71 bits per heavy atom. The largest absolute Gasteiger partial charge is 0.322 e. The lowest BCUT2D eigenvalue weighted by Crippen LogP contribution is -2.48. The Morgan fingerprint density at radius 3 is 2.43 bits per heavy atom. The third-order valence-electron chi connectivity index (χ3n) is 5.13. The molecule has 0 saturated heterocycles. The lowest BCUT2D eigenvalue weighted by molar-refractivity contribution is 0.165. The van der Waals surface area contributed by atoms with Crippen molar-refractivity contribution in [1.82, 2.24) is 4.90 Å². The van der Waals surface area contributed by atoms with Crippen LogP contribution in [0.1, 0.15) is 29.7 Å². The molecule has 0 aliphatic carbocycles. The minimum absolute atomic E-state index is 0.0176. The summed E-state index contributed by atoms with van der Waals surface area (Å²) in [5.41, 5.74) is 4.02. The number of hydrogen-bond donors (Lipinski definition) is 1. The highest BCUT2D eigenvalue weighted by Crippen LogP contribution is 2.38. The van der Waals surface area contributed by atoms with Gasteiger partial charge < -0.3 is 10.2 Å². The zero-order chi connectivity index (χ0) is 19.7. The number of anilines is 1. The molecule has 3 nitrogen and oxygen atoms in total. The van der Waals surface area contributed by atoms with Crippen LogP contribution in [0.2, 0.25) is 0 Å². The number of hydrogen-bond acceptors (Lipinski definition) is 1. The maximum Gasteiger partial charge on any atom is 0.322 e. The number of nitrogens with zero attached hydrogens (tertiary/aromatic N) is 1. The average Bonchev–Trinajstić information content (AvgIpc) is 2.69. The fourth-order valence-corrected chi connectivity index (χ4v) is 4.10. The number of carbonyl (C=O) groups excluding carboxylic acids is 1. The van der Waals surface area contributed by atoms with Crippen molar-refractivity contribution in [3.63, 3.8) is 0 Å². The van der Waals surface area contributed by atoms with E-state index < -0.39 is 0 Å². The topological polar surface area (TPSA) is 32.3 Å². The van der Waals surface area contributed by atoms with E-state index in [-0.39, 0.29) is 23.9 Å². The predicted octanol–water partition coefficient (Wildman–Crippen LogP) is 6.16. The van der Waals surface area contributed by atoms with Crippen LogP contribution >= 0.6 is 15.9 Å². The Labute approximate surface area is 172 Å². The van der Waals surface area contributed by atoms with Crippen LogP contribution in [0.4, 0.5) is 14.9 Å². The molecule has 0 radical (unpaired) electrons. The van der Waals surface area contributed by atoms with Gasteiger partial charge in [-0.2, -0.15) is 0 Å². The molecule has 1 heterocycles. The van der Waals surface area contributed by atoms with Gasteiger partial charge >= 0.3 is 6.03 Å². The summed E-state index contributed by atoms with van der Waals surface area (Å²) in [6.07, 6.45) is 0.792. The summed E-state index contributed by atoms with van der Waals surface area (Å²) in [7, 11) is 0. The minimum Gasteiger partial charge on any atom is -0.310 e. The number of carbonyl (C=O) groups is 1. The maximum absolute atomic E-state index is 13.2. The fraction of sp³-hybridized carbons (Fsp3) is 0.174. The zero-order valence-corrected chi connectivity index (χ0v) is 17.0. The summed E-state index contributed by atoms with van der Waals surface area (Å²) in [5.74, 6) is -0.328. The van der Waals surface area contributed by atoms with Gasteiger partial charge in [-0.25, -0.2) is 9.18 Å². The maximum atomic E-state index is 13.2. The lowest BCUT2D eigenvalue weighted by Gasteiger charge is -2.42. The lowest BCUT2D eigenvalue weighted by atomic mass is 9.85. The van der Waals surface area contributed by atoms with Gasteiger partial charge in [-0.05, 0) is 66.4 Å². The van der Waals surface area contributed by atoms with Gasteiger partial charge in [0.25, 0.3) is 0 Å². The summed E-state index contributed by atoms with van der Waals surface area (Å²) < 4.78 is 14.2. The molecule has 28 heavy (non-hydrogen) atoms. The van der Waals surface area contributed by atoms with E-state index in [0.717, 1.165) is 22.0 Å². The van der Waals surface area contributed by atoms with Crippen LogP contribution in [0.3, 0.4) is 0 Å². The molecule has 2 atom stereocenters. The molecule has 0 unspecified atom stereocenters. The summed E-state index contributed by atoms with van der Waals surface area (Å²) in [4.78, 5) is 15.1. The van der Waals surface area contributed by atoms with Gasteiger partial charge in [-0.3, -0.25) is 0 Å². The van der Waals surface area contributed by atoms with Crippen LogP contribution < -0.4 is 5.32 Å². The van der Waals surface area contributed by atoms with Gasteiger partial charge in [-0.1, -0.05) is 52.3 Å². The second kappa shape index (κ2) is 7.76. The van der Waals surface area contributed by atoms with E-state index >= 15 is 0 Å². The molecular weight excluding hydrogens is 419 g/mol. The first-order valence-corrected chi connectivity index (χ1v) is 10.0. The van der Waals surface area contributed by atoms with Gasteiger partial charge in [0.2, 0.25) is 0 Å². The molecule has 142 valence electrons. The van der Waals surface area contributed by atoms with Crippen molar-refractivity contribution >= 4 is 27.6 Å². The van der Waals surface area contributed by atoms with Crippen LogP contribution in [0.5, 0.6) is 0 Å². The molecule has 3 aromatic carbocycles. The van der Waals surface area contributed by atoms with Gasteiger partial charge in [0, 0.05) is 16.2 Å². The summed E-state index contributed by atoms with van der Waals surface area (Å²) in [6, 6.07) is 21.8. The molecule has 0 aromatic heterocycles. The van der Waals surface area contributed by atoms with Crippen molar-refractivity contribution in [3.05, 3.63) is 99.8 Å². The monoisotopic (exact) mass is 438 g/mol. The van der Waals surface area contributed by atoms with E-state index in [1.165, 1.54) is 17.7 Å². The standard InChI is InChI=1S/C23H20BrFN2O/c1-15-14-17-4-2-3-5-21(17)22(16-6-8-18(24)9-7-16)27(15)23(28)26-20-12-10-19(25)11-13-20/h2-13,15,22H,14H2,1H3,(H,26,28)/t15-,22+/m0/s1. The molecule has 1 N–H and O–H groups in total. The number of amides is 2. The fourth-order valence-electron chi connectivity index (χ4n) is 3.83. The number of urea groups is 1. The van der Waals surface area contributed by atoms with E-state index in [2.05, 4.69) is 40.3 Å². The van der Waals surface area contributed by atoms with Gasteiger partial charge in [-0.15, -0.1) is 0 Å². The smallest absolute Gasteiger partial charge is 0.310 e. The van der Waals surface area contributed by atoms with Crippen molar-refractivity contribution in [1.29, 1.82) is 0 Å². The van der Waals surface area contributed by atoms with Crippen LogP contribution in [0, 0.1) is 5.82 Å². The van der Waals surface area contributed by atoms with Gasteiger partial charge in [0.05, 0.1) is 6.04 Å². The first-order chi connectivity index (χ1) is 13.5. The Bertz CT molecular complexity index is 988. The molecule has 2 amide bonds. The molecule has 4 rings (SSSR count). The molecule has 3 aromatic rings. The first-order valence-electron chi connectivity index (χ1n) is 9.21. The Morgan fingerprint density at radius 1 is 1.04 bits per heavy atom. The van der Waals surface area contributed by atoms with Crippen LogP contribution in [0.15, 0.2) is 77.3 Å². The predicted molar refractivity (Wildman–Crippen MR) is 113 cm³/mol. The first kappa shape index (κ1) is 18.7. The zero-order valence-electron chi connectivity index (χ0n) is 15.4. The van der Waals surface area contributed by atoms with Crippen molar-refractivity contribution in [3.8, 4) is 0 Å². The number of fused-ring (bicyclic) bond motifs is 1. The molecule has 1 aliphatic rings. The van der Waals surface area contributed by atoms with Crippen molar-refractivity contribution in [2.24, 2.45) is 0 Å². The molecule has 0 saturated carbocycles. The number of rotatable bonds is 2. The quantitative estimate of drug-likeness (QED) is 0.510. The Hall–Kier alpha value is -2.66. The highest BCUT2D eigenvalue weighted by atomic mass is 79.9. The van der Waals surface area contributed by atoms with E-state index in [9.17, 15) is 9.18 Å². The van der Waals surface area contributed by atoms with Crippen LogP contribution in [-0.4, -0.2) is 17.0 Å². The SMILES string of the molecule is C[C@H]1Cc2ccccc2[C@@H](c2ccc(Br)cc2)N1C(=O)Nc1ccc(F)cc1. The Balaban J connectivity index is 1.73. The van der Waals surface area contributed by atoms with Gasteiger partial charge in [0.1, 0.15) is 5.82 Å². The number of halogens is 2. The average molecular weight is 439 g/mol. The normalized spacial score (nSPS) is 18.5. The van der Waals surface area contributed by atoms with E-state index in [0.29, 0.717) is 5.69 Å². The second-order valence-corrected chi connectivity index (χ2v) is 7.97. The van der Waals surface area contributed by atoms with Crippen LogP contribution in [-0.2, 0) is 6.42 Å². The van der Waals surface area contributed by atoms with Crippen molar-refractivity contribution in [2.75, 3.05) is 5.32 Å². The third-order valence-corrected chi connectivity index (χ3v) is 5.66. The van der Waals surface area contributed by atoms with E-state index in [1.54, 1.807) is 12.1 Å². The van der Waals surface area contributed by atoms with Crippen molar-refractivity contribution in [2.45, 2.75) is 25.4 Å². The highest BCUT2D eigenvalue weighted by molar-refractivity contribution is 9.10. The van der Waals surface area contributed by atoms with Crippen LogP contribution in [0.25, 0.3) is 0 Å². The molecule has 5 heteroatoms. The minimum atomic E-state index is -0.328. The van der Waals surface area contributed by atoms with E-state index in [1.807, 2.05) is 41.3 Å². The summed E-state index contributed by atoms with van der Waals surface area (Å²) in [6.45, 7) is 2.06. The highest BCUT2D eigenvalue weighted by Gasteiger charge is 2.36. The number of benzene rings is 3. The van der Waals surface area contributed by atoms with E-state index in [4.69, 9.17) is 0 Å².